The lowest BCUT2D eigenvalue weighted by Gasteiger charge is -2.09. The third-order valence-electron chi connectivity index (χ3n) is 2.49. The van der Waals surface area contributed by atoms with Crippen LogP contribution in [-0.2, 0) is 6.42 Å². The van der Waals surface area contributed by atoms with E-state index >= 15 is 0 Å². The highest BCUT2D eigenvalue weighted by atomic mass is 79.9. The summed E-state index contributed by atoms with van der Waals surface area (Å²) in [5, 5.41) is 2.84. The highest BCUT2D eigenvalue weighted by Crippen LogP contribution is 2.23. The number of carbonyl (C=O) groups is 1. The van der Waals surface area contributed by atoms with Crippen molar-refractivity contribution in [1.82, 2.24) is 0 Å². The van der Waals surface area contributed by atoms with Gasteiger partial charge < -0.3 is 9.73 Å². The van der Waals surface area contributed by atoms with E-state index < -0.39 is 0 Å². The number of benzene rings is 1. The summed E-state index contributed by atoms with van der Waals surface area (Å²) >= 11 is 6.58. The van der Waals surface area contributed by atoms with E-state index in [4.69, 9.17) is 4.42 Å². The Hall–Kier alpha value is -1.07. The lowest BCUT2D eigenvalue weighted by Crippen LogP contribution is -2.12. The molecule has 0 spiro atoms. The van der Waals surface area contributed by atoms with Crippen molar-refractivity contribution in [1.29, 1.82) is 0 Å². The standard InChI is InChI=1S/C13H11Br2NO2/c1-2-8-7-9(14)3-4-10(8)16-13(17)11-5-6-12(15)18-11/h3-7H,2H2,1H3,(H,16,17). The molecule has 0 fully saturated rings. The van der Waals surface area contributed by atoms with E-state index in [1.807, 2.05) is 25.1 Å². The minimum Gasteiger partial charge on any atom is -0.444 e. The van der Waals surface area contributed by atoms with Gasteiger partial charge in [-0.1, -0.05) is 22.9 Å². The van der Waals surface area contributed by atoms with Crippen LogP contribution in [0, 0.1) is 0 Å². The number of aryl methyl sites for hydroxylation is 1. The second-order valence-electron chi connectivity index (χ2n) is 3.71. The Morgan fingerprint density at radius 2 is 2.06 bits per heavy atom. The first-order chi connectivity index (χ1) is 8.60. The monoisotopic (exact) mass is 371 g/mol. The molecule has 0 saturated carbocycles. The maximum absolute atomic E-state index is 11.9. The summed E-state index contributed by atoms with van der Waals surface area (Å²) in [6, 6.07) is 9.08. The quantitative estimate of drug-likeness (QED) is 0.854. The zero-order chi connectivity index (χ0) is 13.1. The molecule has 18 heavy (non-hydrogen) atoms. The fraction of sp³-hybridized carbons (Fsp3) is 0.154. The number of hydrogen-bond acceptors (Lipinski definition) is 2. The summed E-state index contributed by atoms with van der Waals surface area (Å²) in [5.74, 6) is 0.0320. The number of rotatable bonds is 3. The van der Waals surface area contributed by atoms with Crippen LogP contribution in [0.2, 0.25) is 0 Å². The SMILES string of the molecule is CCc1cc(Br)ccc1NC(=O)c1ccc(Br)o1. The van der Waals surface area contributed by atoms with Gasteiger partial charge in [0, 0.05) is 10.2 Å². The number of anilines is 1. The fourth-order valence-corrected chi connectivity index (χ4v) is 2.31. The van der Waals surface area contributed by atoms with Crippen LogP contribution in [0.4, 0.5) is 5.69 Å². The van der Waals surface area contributed by atoms with Crippen LogP contribution in [-0.4, -0.2) is 5.91 Å². The molecule has 1 N–H and O–H groups in total. The Bertz CT molecular complexity index is 578. The first kappa shape index (κ1) is 13.4. The summed E-state index contributed by atoms with van der Waals surface area (Å²) in [7, 11) is 0. The third kappa shape index (κ3) is 3.03. The molecule has 1 aromatic heterocycles. The molecule has 1 amide bonds. The van der Waals surface area contributed by atoms with Crippen molar-refractivity contribution >= 4 is 43.5 Å². The Labute approximate surface area is 122 Å². The maximum Gasteiger partial charge on any atom is 0.291 e. The van der Waals surface area contributed by atoms with E-state index in [0.29, 0.717) is 4.67 Å². The maximum atomic E-state index is 11.9. The lowest BCUT2D eigenvalue weighted by molar-refractivity contribution is 0.0995. The number of carbonyl (C=O) groups excluding carboxylic acids is 1. The van der Waals surface area contributed by atoms with Crippen molar-refractivity contribution in [3.8, 4) is 0 Å². The van der Waals surface area contributed by atoms with Gasteiger partial charge in [-0.3, -0.25) is 4.79 Å². The molecule has 0 aliphatic heterocycles. The zero-order valence-corrected chi connectivity index (χ0v) is 12.8. The molecule has 0 atom stereocenters. The molecule has 0 saturated heterocycles. The molecule has 0 unspecified atom stereocenters. The molecule has 0 radical (unpaired) electrons. The highest BCUT2D eigenvalue weighted by molar-refractivity contribution is 9.10. The van der Waals surface area contributed by atoms with Crippen molar-refractivity contribution in [2.45, 2.75) is 13.3 Å². The molecule has 2 aromatic rings. The van der Waals surface area contributed by atoms with Gasteiger partial charge in [-0.25, -0.2) is 0 Å². The van der Waals surface area contributed by atoms with Crippen LogP contribution in [0.5, 0.6) is 0 Å². The molecule has 1 aromatic carbocycles. The number of hydrogen-bond donors (Lipinski definition) is 1. The molecule has 2 rings (SSSR count). The molecular weight excluding hydrogens is 362 g/mol. The molecule has 3 nitrogen and oxygen atoms in total. The van der Waals surface area contributed by atoms with Crippen LogP contribution in [0.1, 0.15) is 23.0 Å². The summed E-state index contributed by atoms with van der Waals surface area (Å²) in [6.45, 7) is 2.04. The van der Waals surface area contributed by atoms with Crippen molar-refractivity contribution in [3.05, 3.63) is 50.8 Å². The van der Waals surface area contributed by atoms with Gasteiger partial charge in [-0.15, -0.1) is 0 Å². The van der Waals surface area contributed by atoms with Crippen molar-refractivity contribution in [2.24, 2.45) is 0 Å². The second kappa shape index (κ2) is 5.71. The van der Waals surface area contributed by atoms with Crippen LogP contribution in [0.25, 0.3) is 0 Å². The van der Waals surface area contributed by atoms with Gasteiger partial charge >= 0.3 is 0 Å². The first-order valence-corrected chi connectivity index (χ1v) is 7.04. The van der Waals surface area contributed by atoms with Gasteiger partial charge in [-0.05, 0) is 58.2 Å². The normalized spacial score (nSPS) is 10.4. The Kier molecular flexibility index (Phi) is 4.24. The number of furan rings is 1. The third-order valence-corrected chi connectivity index (χ3v) is 3.41. The minimum atomic E-state index is -0.252. The van der Waals surface area contributed by atoms with Gasteiger partial charge in [0.1, 0.15) is 0 Å². The number of halogens is 2. The summed E-state index contributed by atoms with van der Waals surface area (Å²) < 4.78 is 6.75. The average molecular weight is 373 g/mol. The van der Waals surface area contributed by atoms with E-state index in [9.17, 15) is 4.79 Å². The summed E-state index contributed by atoms with van der Waals surface area (Å²) in [5.41, 5.74) is 1.88. The molecule has 0 bridgehead atoms. The molecular formula is C13H11Br2NO2. The van der Waals surface area contributed by atoms with E-state index in [1.54, 1.807) is 12.1 Å². The smallest absolute Gasteiger partial charge is 0.291 e. The van der Waals surface area contributed by atoms with Crippen LogP contribution >= 0.6 is 31.9 Å². The van der Waals surface area contributed by atoms with Gasteiger partial charge in [0.2, 0.25) is 0 Å². The molecule has 94 valence electrons. The minimum absolute atomic E-state index is 0.252. The Balaban J connectivity index is 2.21. The fourth-order valence-electron chi connectivity index (χ4n) is 1.60. The van der Waals surface area contributed by atoms with E-state index in [2.05, 4.69) is 37.2 Å². The lowest BCUT2D eigenvalue weighted by atomic mass is 10.1. The van der Waals surface area contributed by atoms with Crippen molar-refractivity contribution in [3.63, 3.8) is 0 Å². The predicted molar refractivity (Wildman–Crippen MR) is 77.9 cm³/mol. The van der Waals surface area contributed by atoms with Gasteiger partial charge in [0.15, 0.2) is 10.4 Å². The van der Waals surface area contributed by atoms with Crippen molar-refractivity contribution in [2.75, 3.05) is 5.32 Å². The molecule has 1 heterocycles. The van der Waals surface area contributed by atoms with Crippen LogP contribution in [0.15, 0.2) is 43.9 Å². The number of nitrogens with one attached hydrogen (secondary N) is 1. The van der Waals surface area contributed by atoms with Gasteiger partial charge in [0.05, 0.1) is 0 Å². The topological polar surface area (TPSA) is 42.2 Å². The van der Waals surface area contributed by atoms with Crippen molar-refractivity contribution < 1.29 is 9.21 Å². The van der Waals surface area contributed by atoms with E-state index in [0.717, 1.165) is 22.1 Å². The largest absolute Gasteiger partial charge is 0.444 e. The zero-order valence-electron chi connectivity index (χ0n) is 9.67. The predicted octanol–water partition coefficient (Wildman–Crippen LogP) is 4.62. The van der Waals surface area contributed by atoms with E-state index in [1.165, 1.54) is 0 Å². The molecule has 0 aliphatic carbocycles. The van der Waals surface area contributed by atoms with Gasteiger partial charge in [0.25, 0.3) is 5.91 Å². The van der Waals surface area contributed by atoms with Crippen LogP contribution in [0.3, 0.4) is 0 Å². The average Bonchev–Trinajstić information content (AvgIpc) is 2.78. The number of amides is 1. The van der Waals surface area contributed by atoms with Crippen LogP contribution < -0.4 is 5.32 Å². The highest BCUT2D eigenvalue weighted by Gasteiger charge is 2.12. The summed E-state index contributed by atoms with van der Waals surface area (Å²) in [6.07, 6.45) is 0.844. The molecule has 0 aliphatic rings. The van der Waals surface area contributed by atoms with E-state index in [-0.39, 0.29) is 11.7 Å². The summed E-state index contributed by atoms with van der Waals surface area (Å²) in [4.78, 5) is 11.9. The second-order valence-corrected chi connectivity index (χ2v) is 5.41. The Morgan fingerprint density at radius 3 is 2.67 bits per heavy atom. The first-order valence-electron chi connectivity index (χ1n) is 5.45. The van der Waals surface area contributed by atoms with Gasteiger partial charge in [-0.2, -0.15) is 0 Å². The molecule has 5 heteroatoms. The Morgan fingerprint density at radius 1 is 1.28 bits per heavy atom.